The van der Waals surface area contributed by atoms with Gasteiger partial charge in [-0.3, -0.25) is 4.79 Å². The Labute approximate surface area is 114 Å². The average Bonchev–Trinajstić information content (AvgIpc) is 2.67. The van der Waals surface area contributed by atoms with Gasteiger partial charge in [0.05, 0.1) is 12.4 Å². The summed E-state index contributed by atoms with van der Waals surface area (Å²) in [5.41, 5.74) is -0.452. The minimum Gasteiger partial charge on any atom is -0.498 e. The maximum Gasteiger partial charge on any atom is 0.330 e. The lowest BCUT2D eigenvalue weighted by Crippen LogP contribution is -2.22. The maximum atomic E-state index is 11.3. The Morgan fingerprint density at radius 2 is 2.11 bits per heavy atom. The Morgan fingerprint density at radius 3 is 2.68 bits per heavy atom. The molecule has 0 atom stereocenters. The maximum absolute atomic E-state index is 11.3. The minimum absolute atomic E-state index is 0.139. The molecule has 4 nitrogen and oxygen atoms in total. The molecule has 1 aliphatic rings. The number of esters is 1. The third-order valence-electron chi connectivity index (χ3n) is 2.40. The summed E-state index contributed by atoms with van der Waals surface area (Å²) in [6.45, 7) is 6.08. The molecule has 106 valence electrons. The van der Waals surface area contributed by atoms with Crippen molar-refractivity contribution in [3.63, 3.8) is 0 Å². The van der Waals surface area contributed by atoms with Gasteiger partial charge in [-0.05, 0) is 33.6 Å². The van der Waals surface area contributed by atoms with Gasteiger partial charge in [0.15, 0.2) is 5.78 Å². The molecular formula is C15H22O4. The van der Waals surface area contributed by atoms with Crippen molar-refractivity contribution >= 4 is 11.8 Å². The van der Waals surface area contributed by atoms with E-state index in [-0.39, 0.29) is 11.8 Å². The molecule has 0 saturated carbocycles. The fourth-order valence-corrected chi connectivity index (χ4v) is 1.60. The minimum atomic E-state index is -0.452. The standard InChI is InChI=1S/C15H22O4/c1-15(2,3)19-14(17)7-5-4-6-10-18-13-9-8-12(16)11-13/h5,7,11H,4,6,8-10H2,1-3H3/b7-5+. The highest BCUT2D eigenvalue weighted by Crippen LogP contribution is 2.16. The Balaban J connectivity index is 2.09. The average molecular weight is 266 g/mol. The van der Waals surface area contributed by atoms with E-state index in [1.54, 1.807) is 12.2 Å². The van der Waals surface area contributed by atoms with Crippen molar-refractivity contribution in [2.45, 2.75) is 52.1 Å². The van der Waals surface area contributed by atoms with Gasteiger partial charge in [0.25, 0.3) is 0 Å². The second kappa shape index (κ2) is 7.12. The van der Waals surface area contributed by atoms with Crippen LogP contribution in [0.3, 0.4) is 0 Å². The van der Waals surface area contributed by atoms with Crippen molar-refractivity contribution in [1.29, 1.82) is 0 Å². The van der Waals surface area contributed by atoms with Crippen LogP contribution in [0.15, 0.2) is 24.0 Å². The van der Waals surface area contributed by atoms with Crippen molar-refractivity contribution in [2.75, 3.05) is 6.61 Å². The van der Waals surface area contributed by atoms with Crippen molar-refractivity contribution < 1.29 is 19.1 Å². The molecule has 0 saturated heterocycles. The second-order valence-electron chi connectivity index (χ2n) is 5.50. The molecule has 0 radical (unpaired) electrons. The highest BCUT2D eigenvalue weighted by molar-refractivity contribution is 5.92. The van der Waals surface area contributed by atoms with Gasteiger partial charge in [-0.15, -0.1) is 0 Å². The van der Waals surface area contributed by atoms with Gasteiger partial charge in [-0.2, -0.15) is 0 Å². The van der Waals surface area contributed by atoms with Gasteiger partial charge in [-0.25, -0.2) is 4.79 Å². The molecule has 1 rings (SSSR count). The third kappa shape index (κ3) is 7.44. The molecule has 0 heterocycles. The fraction of sp³-hybridized carbons (Fsp3) is 0.600. The summed E-state index contributed by atoms with van der Waals surface area (Å²) in [6.07, 6.45) is 7.64. The zero-order valence-electron chi connectivity index (χ0n) is 11.9. The first-order valence-corrected chi connectivity index (χ1v) is 6.62. The van der Waals surface area contributed by atoms with Gasteiger partial charge in [-0.1, -0.05) is 6.08 Å². The quantitative estimate of drug-likeness (QED) is 0.421. The summed E-state index contributed by atoms with van der Waals surface area (Å²) in [4.78, 5) is 22.3. The summed E-state index contributed by atoms with van der Waals surface area (Å²) in [6, 6.07) is 0. The number of carbonyl (C=O) groups is 2. The van der Waals surface area contributed by atoms with Crippen LogP contribution in [-0.4, -0.2) is 24.0 Å². The summed E-state index contributed by atoms with van der Waals surface area (Å²) in [5, 5.41) is 0. The molecule has 0 bridgehead atoms. The molecule has 0 aromatic carbocycles. The molecule has 1 aliphatic carbocycles. The first kappa shape index (κ1) is 15.5. The lowest BCUT2D eigenvalue weighted by molar-refractivity contribution is -0.148. The Kier molecular flexibility index (Phi) is 5.80. The number of hydrogen-bond donors (Lipinski definition) is 0. The Hall–Kier alpha value is -1.58. The third-order valence-corrected chi connectivity index (χ3v) is 2.40. The summed E-state index contributed by atoms with van der Waals surface area (Å²) in [7, 11) is 0. The number of allylic oxidation sites excluding steroid dienone is 3. The van der Waals surface area contributed by atoms with Crippen LogP contribution in [0.1, 0.15) is 46.5 Å². The fourth-order valence-electron chi connectivity index (χ4n) is 1.60. The van der Waals surface area contributed by atoms with Gasteiger partial charge < -0.3 is 9.47 Å². The zero-order valence-corrected chi connectivity index (χ0v) is 11.9. The largest absolute Gasteiger partial charge is 0.498 e. The Bertz CT molecular complexity index is 385. The summed E-state index contributed by atoms with van der Waals surface area (Å²) in [5.74, 6) is 0.596. The van der Waals surface area contributed by atoms with E-state index in [1.807, 2.05) is 20.8 Å². The molecule has 0 unspecified atom stereocenters. The van der Waals surface area contributed by atoms with Crippen LogP contribution >= 0.6 is 0 Å². The number of rotatable bonds is 6. The molecule has 0 aliphatic heterocycles. The van der Waals surface area contributed by atoms with Gasteiger partial charge >= 0.3 is 5.97 Å². The van der Waals surface area contributed by atoms with E-state index in [9.17, 15) is 9.59 Å². The molecule has 0 N–H and O–H groups in total. The van der Waals surface area contributed by atoms with E-state index in [4.69, 9.17) is 9.47 Å². The van der Waals surface area contributed by atoms with E-state index in [0.717, 1.165) is 18.6 Å². The topological polar surface area (TPSA) is 52.6 Å². The van der Waals surface area contributed by atoms with Crippen LogP contribution in [0.4, 0.5) is 0 Å². The smallest absolute Gasteiger partial charge is 0.330 e. The van der Waals surface area contributed by atoms with E-state index in [2.05, 4.69) is 0 Å². The first-order valence-electron chi connectivity index (χ1n) is 6.62. The molecular weight excluding hydrogens is 244 g/mol. The zero-order chi connectivity index (χ0) is 14.3. The monoisotopic (exact) mass is 266 g/mol. The predicted molar refractivity (Wildman–Crippen MR) is 72.5 cm³/mol. The highest BCUT2D eigenvalue weighted by Gasteiger charge is 2.14. The second-order valence-corrected chi connectivity index (χ2v) is 5.50. The van der Waals surface area contributed by atoms with Gasteiger partial charge in [0.2, 0.25) is 0 Å². The number of carbonyl (C=O) groups excluding carboxylic acids is 2. The molecule has 0 spiro atoms. The van der Waals surface area contributed by atoms with Gasteiger partial charge in [0.1, 0.15) is 5.60 Å². The first-order chi connectivity index (χ1) is 8.87. The molecule has 0 fully saturated rings. The number of unbranched alkanes of at least 4 members (excludes halogenated alkanes) is 1. The molecule has 0 aromatic rings. The molecule has 4 heteroatoms. The number of ketones is 1. The highest BCUT2D eigenvalue weighted by atomic mass is 16.6. The van der Waals surface area contributed by atoms with Crippen LogP contribution in [0.5, 0.6) is 0 Å². The normalized spacial score (nSPS) is 15.7. The van der Waals surface area contributed by atoms with Crippen LogP contribution < -0.4 is 0 Å². The van der Waals surface area contributed by atoms with Crippen LogP contribution in [0.25, 0.3) is 0 Å². The van der Waals surface area contributed by atoms with Crippen molar-refractivity contribution in [1.82, 2.24) is 0 Å². The van der Waals surface area contributed by atoms with E-state index in [0.29, 0.717) is 19.4 Å². The van der Waals surface area contributed by atoms with Crippen LogP contribution in [0, 0.1) is 0 Å². The van der Waals surface area contributed by atoms with Crippen molar-refractivity contribution in [2.24, 2.45) is 0 Å². The van der Waals surface area contributed by atoms with Crippen LogP contribution in [0.2, 0.25) is 0 Å². The number of hydrogen-bond acceptors (Lipinski definition) is 4. The SMILES string of the molecule is CC(C)(C)OC(=O)/C=C/CCCOC1=CC(=O)CC1. The molecule has 19 heavy (non-hydrogen) atoms. The van der Waals surface area contributed by atoms with Gasteiger partial charge in [0, 0.05) is 25.0 Å². The van der Waals surface area contributed by atoms with Crippen LogP contribution in [-0.2, 0) is 19.1 Å². The van der Waals surface area contributed by atoms with Crippen molar-refractivity contribution in [3.05, 3.63) is 24.0 Å². The summed E-state index contributed by atoms with van der Waals surface area (Å²) < 4.78 is 10.6. The molecule has 0 amide bonds. The lowest BCUT2D eigenvalue weighted by Gasteiger charge is -2.17. The van der Waals surface area contributed by atoms with E-state index in [1.165, 1.54) is 6.08 Å². The van der Waals surface area contributed by atoms with E-state index < -0.39 is 5.60 Å². The molecule has 0 aromatic heterocycles. The Morgan fingerprint density at radius 1 is 1.37 bits per heavy atom. The van der Waals surface area contributed by atoms with Crippen molar-refractivity contribution in [3.8, 4) is 0 Å². The predicted octanol–water partition coefficient (Wildman–Crippen LogP) is 2.93. The summed E-state index contributed by atoms with van der Waals surface area (Å²) >= 11 is 0. The lowest BCUT2D eigenvalue weighted by atomic mass is 10.2. The number of ether oxygens (including phenoxy) is 2. The van der Waals surface area contributed by atoms with E-state index >= 15 is 0 Å².